The van der Waals surface area contributed by atoms with Gasteiger partial charge in [0.25, 0.3) is 5.91 Å². The van der Waals surface area contributed by atoms with Crippen LogP contribution in [0, 0.1) is 0 Å². The number of hydrogen-bond donors (Lipinski definition) is 2. The minimum atomic E-state index is -0.255. The Balaban J connectivity index is 1.62. The lowest BCUT2D eigenvalue weighted by atomic mass is 10.2. The second-order valence-electron chi connectivity index (χ2n) is 6.69. The number of rotatable bonds is 0. The molecule has 2 aromatic heterocycles. The number of hydrogen-bond acceptors (Lipinski definition) is 6. The van der Waals surface area contributed by atoms with Gasteiger partial charge in [-0.25, -0.2) is 4.98 Å². The van der Waals surface area contributed by atoms with Gasteiger partial charge in [0.2, 0.25) is 5.91 Å². The number of pyridine rings is 1. The molecule has 2 N–H and O–H groups in total. The van der Waals surface area contributed by atoms with Crippen LogP contribution in [0.1, 0.15) is 48.3 Å². The Hall–Kier alpha value is -2.97. The molecule has 3 rings (SSSR count). The normalized spacial score (nSPS) is 17.6. The van der Waals surface area contributed by atoms with Crippen molar-refractivity contribution in [3.05, 3.63) is 35.9 Å². The summed E-state index contributed by atoms with van der Waals surface area (Å²) in [5.74, 6) is 0.261. The summed E-state index contributed by atoms with van der Waals surface area (Å²) < 4.78 is 7.54. The first-order valence-electron chi connectivity index (χ1n) is 9.74. The number of aryl methyl sites for hydroxylation is 2. The van der Waals surface area contributed by atoms with E-state index in [1.165, 1.54) is 0 Å². The Bertz CT molecular complexity index is 791. The fraction of sp³-hybridized carbons (Fsp3) is 0.526. The number of carbonyl (C=O) groups is 2. The van der Waals surface area contributed by atoms with Gasteiger partial charge in [-0.15, -0.1) is 5.10 Å². The highest BCUT2D eigenvalue weighted by atomic mass is 16.5. The van der Waals surface area contributed by atoms with Crippen LogP contribution in [0.25, 0.3) is 0 Å². The maximum atomic E-state index is 12.4. The third kappa shape index (κ3) is 6.04. The molecule has 3 heterocycles. The molecule has 0 aliphatic carbocycles. The average Bonchev–Trinajstić information content (AvgIpc) is 3.15. The summed E-state index contributed by atoms with van der Waals surface area (Å²) in [4.78, 5) is 28.4. The summed E-state index contributed by atoms with van der Waals surface area (Å²) in [7, 11) is 0. The molecular weight excluding hydrogens is 360 g/mol. The van der Waals surface area contributed by atoms with Crippen LogP contribution in [0.2, 0.25) is 0 Å². The van der Waals surface area contributed by atoms with Gasteiger partial charge in [0, 0.05) is 44.9 Å². The number of carbonyl (C=O) groups excluding carboxylic acids is 2. The molecule has 0 atom stereocenters. The quantitative estimate of drug-likeness (QED) is 0.702. The molecule has 1 aliphatic heterocycles. The highest BCUT2D eigenvalue weighted by molar-refractivity contribution is 5.94. The van der Waals surface area contributed by atoms with E-state index < -0.39 is 0 Å². The molecule has 0 saturated carbocycles. The number of amides is 2. The van der Waals surface area contributed by atoms with Gasteiger partial charge in [-0.2, -0.15) is 0 Å². The number of ether oxygens (including phenoxy) is 1. The fourth-order valence-corrected chi connectivity index (χ4v) is 2.93. The summed E-state index contributed by atoms with van der Waals surface area (Å²) in [6.45, 7) is 2.23. The highest BCUT2D eigenvalue weighted by Gasteiger charge is 2.13. The van der Waals surface area contributed by atoms with Gasteiger partial charge in [0.1, 0.15) is 0 Å². The van der Waals surface area contributed by atoms with E-state index >= 15 is 0 Å². The van der Waals surface area contributed by atoms with Gasteiger partial charge in [0.05, 0.1) is 12.3 Å². The van der Waals surface area contributed by atoms with E-state index in [1.54, 1.807) is 23.0 Å². The molecule has 9 heteroatoms. The first-order chi connectivity index (χ1) is 13.7. The summed E-state index contributed by atoms with van der Waals surface area (Å²) >= 11 is 0. The SMILES string of the molecule is O=C1CCCc2cn(nn2)CCCOc2cccnc2C(=O)NCCCCN1. The van der Waals surface area contributed by atoms with Gasteiger partial charge in [-0.3, -0.25) is 14.3 Å². The largest absolute Gasteiger partial charge is 0.491 e. The fourth-order valence-electron chi connectivity index (χ4n) is 2.93. The molecule has 2 bridgehead atoms. The standard InChI is InChI=1S/C19H26N6O3/c26-17-8-3-6-15-14-25(24-23-15)12-5-13-28-16-7-4-11-21-18(16)19(27)22-10-2-1-9-20-17/h4,7,11,14H,1-3,5-6,8-10,12-13H2,(H,20,26)(H,22,27). The molecule has 1 aliphatic rings. The average molecular weight is 386 g/mol. The highest BCUT2D eigenvalue weighted by Crippen LogP contribution is 2.15. The van der Waals surface area contributed by atoms with Crippen LogP contribution in [-0.2, 0) is 17.8 Å². The molecule has 0 radical (unpaired) electrons. The van der Waals surface area contributed by atoms with Crippen LogP contribution < -0.4 is 15.4 Å². The Morgan fingerprint density at radius 3 is 2.79 bits per heavy atom. The Morgan fingerprint density at radius 2 is 1.89 bits per heavy atom. The summed E-state index contributed by atoms with van der Waals surface area (Å²) in [6.07, 6.45) is 7.72. The van der Waals surface area contributed by atoms with E-state index in [0.29, 0.717) is 38.4 Å². The van der Waals surface area contributed by atoms with Crippen LogP contribution in [0.15, 0.2) is 24.5 Å². The Kier molecular flexibility index (Phi) is 7.34. The predicted octanol–water partition coefficient (Wildman–Crippen LogP) is 1.10. The monoisotopic (exact) mass is 386 g/mol. The zero-order valence-corrected chi connectivity index (χ0v) is 15.9. The minimum absolute atomic E-state index is 0.0427. The van der Waals surface area contributed by atoms with Gasteiger partial charge in [-0.1, -0.05) is 5.21 Å². The van der Waals surface area contributed by atoms with Crippen LogP contribution in [0.3, 0.4) is 0 Å². The zero-order chi connectivity index (χ0) is 19.6. The molecule has 0 fully saturated rings. The van der Waals surface area contributed by atoms with Gasteiger partial charge in [0.15, 0.2) is 11.4 Å². The van der Waals surface area contributed by atoms with Gasteiger partial charge >= 0.3 is 0 Å². The molecule has 150 valence electrons. The van der Waals surface area contributed by atoms with Crippen LogP contribution in [-0.4, -0.2) is 51.5 Å². The third-order valence-electron chi connectivity index (χ3n) is 4.41. The lowest BCUT2D eigenvalue weighted by Crippen LogP contribution is -2.28. The number of fused-ring (bicyclic) bond motifs is 3. The maximum Gasteiger partial charge on any atom is 0.273 e. The van der Waals surface area contributed by atoms with Crippen molar-refractivity contribution < 1.29 is 14.3 Å². The second-order valence-corrected chi connectivity index (χ2v) is 6.69. The van der Waals surface area contributed by atoms with E-state index in [9.17, 15) is 9.59 Å². The third-order valence-corrected chi connectivity index (χ3v) is 4.41. The molecule has 2 aromatic rings. The smallest absolute Gasteiger partial charge is 0.273 e. The van der Waals surface area contributed by atoms with Crippen molar-refractivity contribution in [2.24, 2.45) is 0 Å². The lowest BCUT2D eigenvalue weighted by molar-refractivity contribution is -0.121. The van der Waals surface area contributed by atoms with Gasteiger partial charge in [-0.05, 0) is 37.8 Å². The first-order valence-corrected chi connectivity index (χ1v) is 9.74. The van der Waals surface area contributed by atoms with Crippen molar-refractivity contribution in [1.82, 2.24) is 30.6 Å². The molecule has 0 aromatic carbocycles. The molecule has 28 heavy (non-hydrogen) atoms. The number of nitrogens with one attached hydrogen (secondary N) is 2. The molecule has 0 spiro atoms. The van der Waals surface area contributed by atoms with Crippen molar-refractivity contribution >= 4 is 11.8 Å². The van der Waals surface area contributed by atoms with Crippen molar-refractivity contribution in [3.8, 4) is 5.75 Å². The van der Waals surface area contributed by atoms with Crippen LogP contribution in [0.5, 0.6) is 5.75 Å². The maximum absolute atomic E-state index is 12.4. The summed E-state index contributed by atoms with van der Waals surface area (Å²) in [5, 5.41) is 14.0. The van der Waals surface area contributed by atoms with Crippen molar-refractivity contribution in [2.45, 2.75) is 45.1 Å². The van der Waals surface area contributed by atoms with E-state index in [-0.39, 0.29) is 17.5 Å². The van der Waals surface area contributed by atoms with E-state index in [0.717, 1.165) is 37.8 Å². The molecular formula is C19H26N6O3. The van der Waals surface area contributed by atoms with E-state index in [1.807, 2.05) is 6.20 Å². The molecule has 9 nitrogen and oxygen atoms in total. The first kappa shape index (κ1) is 19.8. The van der Waals surface area contributed by atoms with E-state index in [4.69, 9.17) is 4.74 Å². The van der Waals surface area contributed by atoms with Crippen molar-refractivity contribution in [2.75, 3.05) is 19.7 Å². The number of aromatic nitrogens is 4. The number of nitrogens with zero attached hydrogens (tertiary/aromatic N) is 4. The van der Waals surface area contributed by atoms with Gasteiger partial charge < -0.3 is 15.4 Å². The molecule has 2 amide bonds. The summed E-state index contributed by atoms with van der Waals surface area (Å²) in [5.41, 5.74) is 1.17. The molecule has 0 unspecified atom stereocenters. The second kappa shape index (κ2) is 10.4. The molecule has 0 saturated heterocycles. The summed E-state index contributed by atoms with van der Waals surface area (Å²) in [6, 6.07) is 3.49. The zero-order valence-electron chi connectivity index (χ0n) is 15.9. The van der Waals surface area contributed by atoms with Crippen molar-refractivity contribution in [1.29, 1.82) is 0 Å². The van der Waals surface area contributed by atoms with Crippen LogP contribution >= 0.6 is 0 Å². The predicted molar refractivity (Wildman–Crippen MR) is 102 cm³/mol. The minimum Gasteiger partial charge on any atom is -0.491 e. The van der Waals surface area contributed by atoms with E-state index in [2.05, 4.69) is 25.9 Å². The topological polar surface area (TPSA) is 111 Å². The Morgan fingerprint density at radius 1 is 1.04 bits per heavy atom. The van der Waals surface area contributed by atoms with Crippen LogP contribution in [0.4, 0.5) is 0 Å². The van der Waals surface area contributed by atoms with Crippen molar-refractivity contribution in [3.63, 3.8) is 0 Å². The Labute approximate surface area is 163 Å². The lowest BCUT2D eigenvalue weighted by Gasteiger charge is -2.11.